The number of ether oxygens (including phenoxy) is 12. The molecule has 0 spiro atoms. The van der Waals surface area contributed by atoms with Crippen molar-refractivity contribution in [3.05, 3.63) is 0 Å². The van der Waals surface area contributed by atoms with Crippen LogP contribution in [0.5, 0.6) is 0 Å². The summed E-state index contributed by atoms with van der Waals surface area (Å²) in [6.45, 7) is 13.8. The van der Waals surface area contributed by atoms with Crippen molar-refractivity contribution < 1.29 is 61.6 Å². The summed E-state index contributed by atoms with van der Waals surface area (Å²) in [5.74, 6) is -0.310. The number of likely N-dealkylation sites (N-methyl/N-ethyl adjacent to an activating group) is 1. The lowest BCUT2D eigenvalue weighted by Gasteiger charge is -2.09. The van der Waals surface area contributed by atoms with Gasteiger partial charge in [-0.15, -0.1) is 0 Å². The van der Waals surface area contributed by atoms with Crippen molar-refractivity contribution in [1.82, 2.24) is 5.32 Å². The lowest BCUT2D eigenvalue weighted by Crippen LogP contribution is -2.17. The number of hydrogen-bond acceptors (Lipinski definition) is 14. The van der Waals surface area contributed by atoms with Gasteiger partial charge in [-0.2, -0.15) is 0 Å². The first-order valence-corrected chi connectivity index (χ1v) is 14.4. The molecule has 0 aromatic rings. The van der Waals surface area contributed by atoms with Crippen LogP contribution in [0, 0.1) is 0 Å². The lowest BCUT2D eigenvalue weighted by atomic mass is 10.6. The summed E-state index contributed by atoms with van der Waals surface area (Å²) in [5.41, 5.74) is 0. The highest BCUT2D eigenvalue weighted by Gasteiger charge is 1.97. The molecule has 0 heterocycles. The zero-order chi connectivity index (χ0) is 29.7. The summed E-state index contributed by atoms with van der Waals surface area (Å²) in [7, 11) is 1.89. The molecule has 0 unspecified atom stereocenters. The van der Waals surface area contributed by atoms with E-state index in [-0.39, 0.29) is 12.6 Å². The summed E-state index contributed by atoms with van der Waals surface area (Å²) < 4.78 is 64.2. The largest absolute Gasteiger partial charge is 0.463 e. The fraction of sp³-hybridized carbons (Fsp3) is 0.963. The molecule has 0 saturated heterocycles. The standard InChI is InChI=1S/C27H55NO13/c1-27(29)41-26-25-40-24-23-39-22-21-38-20-19-37-18-17-36-16-15-35-14-13-34-12-11-33-10-9-32-8-7-31-6-5-30-4-3-28-2/h28H,3-26H2,1-2H3. The van der Waals surface area contributed by atoms with Crippen molar-refractivity contribution in [1.29, 1.82) is 0 Å². The Morgan fingerprint density at radius 3 is 0.756 bits per heavy atom. The molecular weight excluding hydrogens is 546 g/mol. The number of hydrogen-bond donors (Lipinski definition) is 1. The van der Waals surface area contributed by atoms with Crippen molar-refractivity contribution in [2.24, 2.45) is 0 Å². The normalized spacial score (nSPS) is 11.4. The van der Waals surface area contributed by atoms with E-state index in [2.05, 4.69) is 5.32 Å². The molecule has 14 heteroatoms. The van der Waals surface area contributed by atoms with Gasteiger partial charge in [-0.1, -0.05) is 0 Å². The second kappa shape index (κ2) is 37.0. The monoisotopic (exact) mass is 601 g/mol. The maximum absolute atomic E-state index is 10.6. The molecule has 246 valence electrons. The second-order valence-corrected chi connectivity index (χ2v) is 8.18. The van der Waals surface area contributed by atoms with Crippen LogP contribution in [-0.2, 0) is 61.6 Å². The Kier molecular flexibility index (Phi) is 36.1. The van der Waals surface area contributed by atoms with E-state index >= 15 is 0 Å². The number of esters is 1. The first-order valence-electron chi connectivity index (χ1n) is 14.4. The first-order chi connectivity index (χ1) is 20.3. The highest BCUT2D eigenvalue weighted by Crippen LogP contribution is 1.87. The quantitative estimate of drug-likeness (QED) is 0.0758. The van der Waals surface area contributed by atoms with Crippen molar-refractivity contribution in [2.45, 2.75) is 6.92 Å². The van der Waals surface area contributed by atoms with E-state index in [9.17, 15) is 4.79 Å². The molecule has 1 N–H and O–H groups in total. The predicted octanol–water partition coefficient (Wildman–Crippen LogP) is -0.0485. The van der Waals surface area contributed by atoms with Gasteiger partial charge in [0.2, 0.25) is 0 Å². The topological polar surface area (TPSA) is 140 Å². The molecule has 0 aliphatic rings. The van der Waals surface area contributed by atoms with E-state index in [0.717, 1.165) is 6.54 Å². The second-order valence-electron chi connectivity index (χ2n) is 8.18. The van der Waals surface area contributed by atoms with Crippen LogP contribution in [0.15, 0.2) is 0 Å². The van der Waals surface area contributed by atoms with Crippen LogP contribution >= 0.6 is 0 Å². The summed E-state index contributed by atoms with van der Waals surface area (Å²) in [5, 5.41) is 3.02. The van der Waals surface area contributed by atoms with Gasteiger partial charge in [0.15, 0.2) is 0 Å². The van der Waals surface area contributed by atoms with Crippen molar-refractivity contribution in [2.75, 3.05) is 166 Å². The van der Waals surface area contributed by atoms with Gasteiger partial charge in [0.1, 0.15) is 6.61 Å². The Labute approximate surface area is 245 Å². The highest BCUT2D eigenvalue weighted by atomic mass is 16.6. The SMILES string of the molecule is CNCCOCCOCCOCCOCCOCCOCCOCCOCCOCCOCCOCCOC(C)=O. The van der Waals surface area contributed by atoms with Gasteiger partial charge in [0.25, 0.3) is 0 Å². The molecule has 0 atom stereocenters. The summed E-state index contributed by atoms with van der Waals surface area (Å²) in [4.78, 5) is 10.6. The first kappa shape index (κ1) is 40.0. The third kappa shape index (κ3) is 39.0. The van der Waals surface area contributed by atoms with Crippen molar-refractivity contribution >= 4 is 5.97 Å². The van der Waals surface area contributed by atoms with Crippen LogP contribution in [0.2, 0.25) is 0 Å². The third-order valence-corrected chi connectivity index (χ3v) is 4.75. The molecular formula is C27H55NO13. The Bertz CT molecular complexity index is 506. The van der Waals surface area contributed by atoms with E-state index in [0.29, 0.717) is 145 Å². The maximum atomic E-state index is 10.6. The lowest BCUT2D eigenvalue weighted by molar-refractivity contribution is -0.142. The van der Waals surface area contributed by atoms with E-state index in [1.807, 2.05) is 7.05 Å². The average molecular weight is 602 g/mol. The van der Waals surface area contributed by atoms with Crippen molar-refractivity contribution in [3.8, 4) is 0 Å². The number of rotatable bonds is 36. The minimum atomic E-state index is -0.310. The fourth-order valence-electron chi connectivity index (χ4n) is 2.72. The molecule has 0 fully saturated rings. The Morgan fingerprint density at radius 1 is 0.366 bits per heavy atom. The van der Waals surface area contributed by atoms with E-state index in [4.69, 9.17) is 56.8 Å². The number of nitrogens with one attached hydrogen (secondary N) is 1. The minimum Gasteiger partial charge on any atom is -0.463 e. The molecule has 0 aromatic heterocycles. The zero-order valence-corrected chi connectivity index (χ0v) is 25.3. The van der Waals surface area contributed by atoms with Gasteiger partial charge in [-0.25, -0.2) is 0 Å². The smallest absolute Gasteiger partial charge is 0.302 e. The number of carbonyl (C=O) groups is 1. The summed E-state index contributed by atoms with van der Waals surface area (Å²) >= 11 is 0. The third-order valence-electron chi connectivity index (χ3n) is 4.75. The molecule has 0 aliphatic heterocycles. The summed E-state index contributed by atoms with van der Waals surface area (Å²) in [6, 6.07) is 0. The van der Waals surface area contributed by atoms with Crippen LogP contribution in [0.25, 0.3) is 0 Å². The molecule has 0 rings (SSSR count). The van der Waals surface area contributed by atoms with Gasteiger partial charge >= 0.3 is 5.97 Å². The molecule has 0 bridgehead atoms. The Balaban J connectivity index is 3.03. The molecule has 0 saturated carbocycles. The average Bonchev–Trinajstić information content (AvgIpc) is 2.97. The van der Waals surface area contributed by atoms with Crippen LogP contribution in [0.4, 0.5) is 0 Å². The van der Waals surface area contributed by atoms with Crippen LogP contribution < -0.4 is 5.32 Å². The molecule has 41 heavy (non-hydrogen) atoms. The zero-order valence-electron chi connectivity index (χ0n) is 25.3. The van der Waals surface area contributed by atoms with Gasteiger partial charge in [-0.05, 0) is 7.05 Å². The fourth-order valence-corrected chi connectivity index (χ4v) is 2.72. The van der Waals surface area contributed by atoms with Gasteiger partial charge in [0.05, 0.1) is 145 Å². The molecule has 14 nitrogen and oxygen atoms in total. The van der Waals surface area contributed by atoms with Crippen LogP contribution in [0.1, 0.15) is 6.92 Å². The van der Waals surface area contributed by atoms with E-state index in [1.165, 1.54) is 6.92 Å². The van der Waals surface area contributed by atoms with Crippen molar-refractivity contribution in [3.63, 3.8) is 0 Å². The summed E-state index contributed by atoms with van der Waals surface area (Å²) in [6.07, 6.45) is 0. The highest BCUT2D eigenvalue weighted by molar-refractivity contribution is 5.65. The molecule has 0 amide bonds. The van der Waals surface area contributed by atoms with Gasteiger partial charge in [-0.3, -0.25) is 4.79 Å². The Morgan fingerprint density at radius 2 is 0.561 bits per heavy atom. The minimum absolute atomic E-state index is 0.259. The predicted molar refractivity (Wildman–Crippen MR) is 150 cm³/mol. The molecule has 0 aromatic carbocycles. The van der Waals surface area contributed by atoms with E-state index < -0.39 is 0 Å². The maximum Gasteiger partial charge on any atom is 0.302 e. The van der Waals surface area contributed by atoms with Gasteiger partial charge < -0.3 is 62.2 Å². The molecule has 0 radical (unpaired) electrons. The van der Waals surface area contributed by atoms with Gasteiger partial charge in [0, 0.05) is 13.5 Å². The van der Waals surface area contributed by atoms with E-state index in [1.54, 1.807) is 0 Å². The molecule has 0 aliphatic carbocycles. The Hall–Kier alpha value is -1.01. The number of carbonyl (C=O) groups excluding carboxylic acids is 1. The van der Waals surface area contributed by atoms with Crippen LogP contribution in [0.3, 0.4) is 0 Å². The van der Waals surface area contributed by atoms with Crippen LogP contribution in [-0.4, -0.2) is 172 Å².